The van der Waals surface area contributed by atoms with Crippen molar-refractivity contribution in [1.82, 2.24) is 10.6 Å². The second kappa shape index (κ2) is 7.11. The molecule has 0 bridgehead atoms. The molecule has 2 amide bonds. The maximum Gasteiger partial charge on any atom is 0.309 e. The maximum atomic E-state index is 11.7. The zero-order valence-corrected chi connectivity index (χ0v) is 13.4. The second-order valence-corrected chi connectivity index (χ2v) is 7.87. The quantitative estimate of drug-likeness (QED) is 0.768. The van der Waals surface area contributed by atoms with E-state index in [1.807, 2.05) is 12.1 Å². The smallest absolute Gasteiger partial charge is 0.309 e. The van der Waals surface area contributed by atoms with E-state index >= 15 is 0 Å². The van der Waals surface area contributed by atoms with Crippen molar-refractivity contribution in [3.05, 3.63) is 34.9 Å². The Hall–Kier alpha value is -1.60. The summed E-state index contributed by atoms with van der Waals surface area (Å²) in [4.78, 5) is 23.3. The van der Waals surface area contributed by atoms with Crippen LogP contribution in [0.5, 0.6) is 0 Å². The third-order valence-corrected chi connectivity index (χ3v) is 5.37. The highest BCUT2D eigenvalue weighted by atomic mass is 35.5. The monoisotopic (exact) mass is 344 g/mol. The molecule has 0 aromatic heterocycles. The molecule has 8 heteroatoms. The van der Waals surface area contributed by atoms with Crippen LogP contribution in [0.15, 0.2) is 24.3 Å². The van der Waals surface area contributed by atoms with E-state index in [2.05, 4.69) is 10.6 Å². The van der Waals surface area contributed by atoms with Crippen molar-refractivity contribution in [1.29, 1.82) is 0 Å². The third-order valence-electron chi connectivity index (χ3n) is 3.36. The predicted molar refractivity (Wildman–Crippen MR) is 83.4 cm³/mol. The van der Waals surface area contributed by atoms with Crippen LogP contribution in [-0.2, 0) is 25.8 Å². The lowest BCUT2D eigenvalue weighted by molar-refractivity contribution is -0.139. The number of sulfone groups is 1. The van der Waals surface area contributed by atoms with Crippen molar-refractivity contribution in [3.8, 4) is 0 Å². The van der Waals surface area contributed by atoms with Gasteiger partial charge >= 0.3 is 11.8 Å². The number of rotatable bonds is 4. The minimum atomic E-state index is -3.08. The molecule has 120 valence electrons. The minimum absolute atomic E-state index is 0.0499. The van der Waals surface area contributed by atoms with E-state index in [0.29, 0.717) is 24.4 Å². The van der Waals surface area contributed by atoms with E-state index in [-0.39, 0.29) is 11.5 Å². The molecule has 1 aromatic rings. The van der Waals surface area contributed by atoms with Crippen LogP contribution in [-0.4, -0.2) is 44.3 Å². The van der Waals surface area contributed by atoms with E-state index in [9.17, 15) is 18.0 Å². The fourth-order valence-corrected chi connectivity index (χ4v) is 4.14. The van der Waals surface area contributed by atoms with Crippen LogP contribution in [0.4, 0.5) is 0 Å². The number of hydrogen-bond donors (Lipinski definition) is 2. The Bertz CT molecular complexity index is 675. The van der Waals surface area contributed by atoms with Crippen LogP contribution in [0.3, 0.4) is 0 Å². The summed E-state index contributed by atoms with van der Waals surface area (Å²) in [6.07, 6.45) is 0.904. The van der Waals surface area contributed by atoms with Gasteiger partial charge in [0.05, 0.1) is 11.5 Å². The molecular formula is C14H17ClN2O4S. The number of amides is 2. The van der Waals surface area contributed by atoms with Gasteiger partial charge in [-0.25, -0.2) is 8.42 Å². The molecule has 1 fully saturated rings. The molecule has 6 nitrogen and oxygen atoms in total. The van der Waals surface area contributed by atoms with Crippen molar-refractivity contribution >= 4 is 33.3 Å². The van der Waals surface area contributed by atoms with Gasteiger partial charge in [0.2, 0.25) is 0 Å². The van der Waals surface area contributed by atoms with Gasteiger partial charge in [-0.15, -0.1) is 0 Å². The number of benzene rings is 1. The van der Waals surface area contributed by atoms with Crippen LogP contribution in [0.2, 0.25) is 5.02 Å². The molecule has 0 aliphatic carbocycles. The summed E-state index contributed by atoms with van der Waals surface area (Å²) in [5.74, 6) is -1.61. The average Bonchev–Trinajstić information content (AvgIpc) is 2.77. The van der Waals surface area contributed by atoms with E-state index < -0.39 is 27.7 Å². The number of carbonyl (C=O) groups is 2. The molecule has 2 N–H and O–H groups in total. The first-order valence-electron chi connectivity index (χ1n) is 6.89. The van der Waals surface area contributed by atoms with E-state index in [1.165, 1.54) is 0 Å². The average molecular weight is 345 g/mol. The molecule has 1 atom stereocenters. The van der Waals surface area contributed by atoms with Crippen molar-refractivity contribution in [2.75, 3.05) is 18.1 Å². The van der Waals surface area contributed by atoms with Crippen LogP contribution in [0.1, 0.15) is 12.0 Å². The predicted octanol–water partition coefficient (Wildman–Crippen LogP) is 0.302. The normalized spacial score (nSPS) is 19.6. The minimum Gasteiger partial charge on any atom is -0.348 e. The summed E-state index contributed by atoms with van der Waals surface area (Å²) in [6.45, 7) is 0.301. The van der Waals surface area contributed by atoms with Gasteiger partial charge in [-0.1, -0.05) is 23.7 Å². The fraction of sp³-hybridized carbons (Fsp3) is 0.429. The lowest BCUT2D eigenvalue weighted by atomic mass is 10.1. The van der Waals surface area contributed by atoms with Crippen molar-refractivity contribution < 1.29 is 18.0 Å². The Morgan fingerprint density at radius 1 is 1.27 bits per heavy atom. The summed E-state index contributed by atoms with van der Waals surface area (Å²) in [6, 6.07) is 6.76. The number of halogens is 1. The van der Waals surface area contributed by atoms with E-state index in [0.717, 1.165) is 5.56 Å². The third kappa shape index (κ3) is 4.99. The zero-order chi connectivity index (χ0) is 16.2. The standard InChI is InChI=1S/C14H17ClN2O4S/c15-11-3-1-2-10(8-11)4-6-16-13(18)14(19)17-12-5-7-22(20,21)9-12/h1-3,8,12H,4-7,9H2,(H,16,18)(H,17,19). The van der Waals surface area contributed by atoms with Gasteiger partial charge in [-0.05, 0) is 30.5 Å². The van der Waals surface area contributed by atoms with Crippen LogP contribution < -0.4 is 10.6 Å². The van der Waals surface area contributed by atoms with Crippen molar-refractivity contribution in [2.45, 2.75) is 18.9 Å². The molecule has 1 saturated heterocycles. The molecular weight excluding hydrogens is 328 g/mol. The van der Waals surface area contributed by atoms with Gasteiger partial charge in [0.15, 0.2) is 9.84 Å². The first-order chi connectivity index (χ1) is 10.4. The molecule has 1 aromatic carbocycles. The summed E-state index contributed by atoms with van der Waals surface area (Å²) in [5.41, 5.74) is 0.954. The van der Waals surface area contributed by atoms with Gasteiger partial charge in [0, 0.05) is 17.6 Å². The molecule has 1 heterocycles. The van der Waals surface area contributed by atoms with Gasteiger partial charge in [-0.2, -0.15) is 0 Å². The van der Waals surface area contributed by atoms with Crippen LogP contribution >= 0.6 is 11.6 Å². The fourth-order valence-electron chi connectivity index (χ4n) is 2.25. The number of nitrogens with one attached hydrogen (secondary N) is 2. The van der Waals surface area contributed by atoms with E-state index in [4.69, 9.17) is 11.6 Å². The Labute approximate surface area is 134 Å². The Morgan fingerprint density at radius 2 is 2.05 bits per heavy atom. The molecule has 1 aliphatic heterocycles. The first-order valence-corrected chi connectivity index (χ1v) is 9.09. The summed E-state index contributed by atoms with van der Waals surface area (Å²) in [7, 11) is -3.08. The Kier molecular flexibility index (Phi) is 5.42. The molecule has 0 saturated carbocycles. The summed E-state index contributed by atoms with van der Waals surface area (Å²) >= 11 is 5.85. The van der Waals surface area contributed by atoms with Crippen LogP contribution in [0, 0.1) is 0 Å². The number of hydrogen-bond acceptors (Lipinski definition) is 4. The van der Waals surface area contributed by atoms with Crippen LogP contribution in [0.25, 0.3) is 0 Å². The van der Waals surface area contributed by atoms with Gasteiger partial charge < -0.3 is 10.6 Å². The molecule has 1 unspecified atom stereocenters. The van der Waals surface area contributed by atoms with Crippen molar-refractivity contribution in [2.24, 2.45) is 0 Å². The second-order valence-electron chi connectivity index (χ2n) is 5.21. The Balaban J connectivity index is 1.74. The Morgan fingerprint density at radius 3 is 2.68 bits per heavy atom. The highest BCUT2D eigenvalue weighted by molar-refractivity contribution is 7.91. The summed E-state index contributed by atoms with van der Waals surface area (Å²) in [5, 5.41) is 5.56. The first kappa shape index (κ1) is 16.8. The lowest BCUT2D eigenvalue weighted by Crippen LogP contribution is -2.45. The largest absolute Gasteiger partial charge is 0.348 e. The van der Waals surface area contributed by atoms with Gasteiger partial charge in [0.1, 0.15) is 0 Å². The highest BCUT2D eigenvalue weighted by Crippen LogP contribution is 2.11. The zero-order valence-electron chi connectivity index (χ0n) is 11.8. The molecule has 0 spiro atoms. The maximum absolute atomic E-state index is 11.7. The molecule has 22 heavy (non-hydrogen) atoms. The molecule has 1 aliphatic rings. The van der Waals surface area contributed by atoms with E-state index in [1.54, 1.807) is 12.1 Å². The highest BCUT2D eigenvalue weighted by Gasteiger charge is 2.30. The lowest BCUT2D eigenvalue weighted by Gasteiger charge is -2.10. The van der Waals surface area contributed by atoms with Gasteiger partial charge in [-0.3, -0.25) is 9.59 Å². The molecule has 2 rings (SSSR count). The number of carbonyl (C=O) groups excluding carboxylic acids is 2. The SMILES string of the molecule is O=C(NCCc1cccc(Cl)c1)C(=O)NC1CCS(=O)(=O)C1. The van der Waals surface area contributed by atoms with Gasteiger partial charge in [0.25, 0.3) is 0 Å². The van der Waals surface area contributed by atoms with Crippen molar-refractivity contribution in [3.63, 3.8) is 0 Å². The molecule has 0 radical (unpaired) electrons. The summed E-state index contributed by atoms with van der Waals surface area (Å²) < 4.78 is 22.6. The topological polar surface area (TPSA) is 92.3 Å².